The van der Waals surface area contributed by atoms with Crippen molar-refractivity contribution in [3.05, 3.63) is 28.8 Å². The number of amides is 1. The van der Waals surface area contributed by atoms with E-state index >= 15 is 0 Å². The molecule has 2 heterocycles. The average Bonchev–Trinajstić information content (AvgIpc) is 2.81. The van der Waals surface area contributed by atoms with E-state index in [1.165, 1.54) is 11.0 Å². The summed E-state index contributed by atoms with van der Waals surface area (Å²) in [6, 6.07) is 3.62. The number of hydrazine groups is 1. The lowest BCUT2D eigenvalue weighted by Gasteiger charge is -2.29. The SMILES string of the molecule is C[NH+]1CCN(NC(=O)/C=C/c2cc(Cl)c3c(c2)OCCCO3)CC1. The zero-order chi connectivity index (χ0) is 16.9. The Balaban J connectivity index is 1.62. The quantitative estimate of drug-likeness (QED) is 0.772. The molecule has 0 aliphatic carbocycles. The summed E-state index contributed by atoms with van der Waals surface area (Å²) in [5.41, 5.74) is 3.71. The maximum absolute atomic E-state index is 12.1. The van der Waals surface area contributed by atoms with E-state index in [4.69, 9.17) is 21.1 Å². The zero-order valence-corrected chi connectivity index (χ0v) is 14.6. The molecule has 0 spiro atoms. The molecule has 2 aliphatic rings. The van der Waals surface area contributed by atoms with Crippen molar-refractivity contribution in [1.82, 2.24) is 10.4 Å². The molecule has 0 unspecified atom stereocenters. The Bertz CT molecular complexity index is 628. The topological polar surface area (TPSA) is 55.2 Å². The van der Waals surface area contributed by atoms with Gasteiger partial charge in [0.05, 0.1) is 51.5 Å². The Morgan fingerprint density at radius 2 is 2.04 bits per heavy atom. The van der Waals surface area contributed by atoms with Gasteiger partial charge in [-0.2, -0.15) is 0 Å². The summed E-state index contributed by atoms with van der Waals surface area (Å²) < 4.78 is 11.3. The van der Waals surface area contributed by atoms with Crippen LogP contribution in [0.2, 0.25) is 5.02 Å². The van der Waals surface area contributed by atoms with Crippen LogP contribution in [0.1, 0.15) is 12.0 Å². The second-order valence-corrected chi connectivity index (χ2v) is 6.54. The number of piperazine rings is 1. The van der Waals surface area contributed by atoms with Gasteiger partial charge in [-0.05, 0) is 23.8 Å². The molecular formula is C17H23ClN3O3+. The molecule has 1 aromatic rings. The molecule has 0 bridgehead atoms. The minimum atomic E-state index is -0.141. The van der Waals surface area contributed by atoms with Crippen molar-refractivity contribution in [3.8, 4) is 11.5 Å². The highest BCUT2D eigenvalue weighted by Gasteiger charge is 2.17. The maximum atomic E-state index is 12.1. The van der Waals surface area contributed by atoms with E-state index in [1.54, 1.807) is 12.1 Å². The molecule has 1 aromatic carbocycles. The molecule has 0 aromatic heterocycles. The number of halogens is 1. The highest BCUT2D eigenvalue weighted by atomic mass is 35.5. The van der Waals surface area contributed by atoms with Gasteiger partial charge >= 0.3 is 0 Å². The van der Waals surface area contributed by atoms with Gasteiger partial charge in [0.2, 0.25) is 0 Å². The van der Waals surface area contributed by atoms with Crippen LogP contribution in [0.25, 0.3) is 6.08 Å². The number of likely N-dealkylation sites (N-methyl/N-ethyl adjacent to an activating group) is 1. The molecule has 24 heavy (non-hydrogen) atoms. The second-order valence-electron chi connectivity index (χ2n) is 6.13. The molecule has 1 fully saturated rings. The van der Waals surface area contributed by atoms with Gasteiger partial charge in [0, 0.05) is 12.5 Å². The predicted molar refractivity (Wildman–Crippen MR) is 92.4 cm³/mol. The number of ether oxygens (including phenoxy) is 2. The van der Waals surface area contributed by atoms with Crippen molar-refractivity contribution in [2.75, 3.05) is 46.4 Å². The van der Waals surface area contributed by atoms with Gasteiger partial charge in [0.1, 0.15) is 0 Å². The lowest BCUT2D eigenvalue weighted by molar-refractivity contribution is -0.884. The third-order valence-corrected chi connectivity index (χ3v) is 4.42. The molecule has 3 rings (SSSR count). The smallest absolute Gasteiger partial charge is 0.258 e. The first-order valence-corrected chi connectivity index (χ1v) is 8.64. The number of hydrogen-bond donors (Lipinski definition) is 2. The van der Waals surface area contributed by atoms with Gasteiger partial charge < -0.3 is 14.4 Å². The number of fused-ring (bicyclic) bond motifs is 1. The highest BCUT2D eigenvalue weighted by molar-refractivity contribution is 6.32. The van der Waals surface area contributed by atoms with Crippen molar-refractivity contribution in [2.24, 2.45) is 0 Å². The van der Waals surface area contributed by atoms with Gasteiger partial charge in [0.15, 0.2) is 11.5 Å². The maximum Gasteiger partial charge on any atom is 0.258 e. The van der Waals surface area contributed by atoms with Crippen LogP contribution in [-0.4, -0.2) is 57.4 Å². The summed E-state index contributed by atoms with van der Waals surface area (Å²) in [6.45, 7) is 4.98. The lowest BCUT2D eigenvalue weighted by Crippen LogP contribution is -3.12. The van der Waals surface area contributed by atoms with E-state index in [1.807, 2.05) is 11.1 Å². The number of hydrogen-bond acceptors (Lipinski definition) is 4. The molecular weight excluding hydrogens is 330 g/mol. The zero-order valence-electron chi connectivity index (χ0n) is 13.8. The number of carbonyl (C=O) groups is 1. The van der Waals surface area contributed by atoms with E-state index in [0.29, 0.717) is 29.7 Å². The molecule has 2 aliphatic heterocycles. The largest absolute Gasteiger partial charge is 0.489 e. The molecule has 6 nitrogen and oxygen atoms in total. The predicted octanol–water partition coefficient (Wildman–Crippen LogP) is 0.376. The molecule has 1 amide bonds. The van der Waals surface area contributed by atoms with Gasteiger partial charge in [-0.15, -0.1) is 0 Å². The van der Waals surface area contributed by atoms with Gasteiger partial charge in [-0.3, -0.25) is 10.2 Å². The van der Waals surface area contributed by atoms with Crippen molar-refractivity contribution in [2.45, 2.75) is 6.42 Å². The minimum absolute atomic E-state index is 0.141. The van der Waals surface area contributed by atoms with Crippen molar-refractivity contribution in [1.29, 1.82) is 0 Å². The first-order chi connectivity index (χ1) is 11.6. The monoisotopic (exact) mass is 352 g/mol. The summed E-state index contributed by atoms with van der Waals surface area (Å²) in [7, 11) is 2.16. The number of nitrogens with one attached hydrogen (secondary N) is 2. The lowest BCUT2D eigenvalue weighted by atomic mass is 10.2. The molecule has 0 radical (unpaired) electrons. The number of benzene rings is 1. The summed E-state index contributed by atoms with van der Waals surface area (Å²) >= 11 is 6.25. The summed E-state index contributed by atoms with van der Waals surface area (Å²) in [5, 5.41) is 2.46. The fraction of sp³-hybridized carbons (Fsp3) is 0.471. The van der Waals surface area contributed by atoms with Crippen LogP contribution in [0.15, 0.2) is 18.2 Å². The van der Waals surface area contributed by atoms with E-state index in [0.717, 1.165) is 38.2 Å². The fourth-order valence-electron chi connectivity index (χ4n) is 2.71. The number of nitrogens with zero attached hydrogens (tertiary/aromatic N) is 1. The average molecular weight is 353 g/mol. The molecule has 1 saturated heterocycles. The summed E-state index contributed by atoms with van der Waals surface area (Å²) in [6.07, 6.45) is 4.07. The van der Waals surface area contributed by atoms with E-state index in [9.17, 15) is 4.79 Å². The third-order valence-electron chi connectivity index (χ3n) is 4.14. The Morgan fingerprint density at radius 1 is 1.29 bits per heavy atom. The fourth-order valence-corrected chi connectivity index (χ4v) is 2.99. The highest BCUT2D eigenvalue weighted by Crippen LogP contribution is 2.38. The first-order valence-electron chi connectivity index (χ1n) is 8.26. The summed E-state index contributed by atoms with van der Waals surface area (Å²) in [4.78, 5) is 13.5. The number of carbonyl (C=O) groups excluding carboxylic acids is 1. The second kappa shape index (κ2) is 7.88. The van der Waals surface area contributed by atoms with E-state index in [-0.39, 0.29) is 5.91 Å². The van der Waals surface area contributed by atoms with Gasteiger partial charge in [0.25, 0.3) is 5.91 Å². The number of quaternary nitrogens is 1. The van der Waals surface area contributed by atoms with Gasteiger partial charge in [-0.25, -0.2) is 5.01 Å². The van der Waals surface area contributed by atoms with Gasteiger partial charge in [-0.1, -0.05) is 11.6 Å². The van der Waals surface area contributed by atoms with Crippen molar-refractivity contribution >= 4 is 23.6 Å². The Labute approximate surface area is 146 Å². The van der Waals surface area contributed by atoms with Crippen LogP contribution in [0, 0.1) is 0 Å². The van der Waals surface area contributed by atoms with E-state index < -0.39 is 0 Å². The first kappa shape index (κ1) is 17.1. The van der Waals surface area contributed by atoms with Crippen LogP contribution < -0.4 is 19.8 Å². The van der Waals surface area contributed by atoms with Crippen LogP contribution in [0.4, 0.5) is 0 Å². The Hall–Kier alpha value is -1.76. The van der Waals surface area contributed by atoms with Crippen molar-refractivity contribution in [3.63, 3.8) is 0 Å². The van der Waals surface area contributed by atoms with E-state index in [2.05, 4.69) is 12.5 Å². The third kappa shape index (κ3) is 4.41. The standard InChI is InChI=1S/C17H22ClN3O3/c1-20-5-7-21(8-6-20)19-16(22)4-3-13-11-14(18)17-15(12-13)23-9-2-10-24-17/h3-4,11-12H,2,5-10H2,1H3,(H,19,22)/p+1/b4-3+. The summed E-state index contributed by atoms with van der Waals surface area (Å²) in [5.74, 6) is 1.07. The molecule has 130 valence electrons. The van der Waals surface area contributed by atoms with Crippen molar-refractivity contribution < 1.29 is 19.2 Å². The van der Waals surface area contributed by atoms with Crippen LogP contribution in [0.3, 0.4) is 0 Å². The Morgan fingerprint density at radius 3 is 2.83 bits per heavy atom. The van der Waals surface area contributed by atoms with Crippen LogP contribution in [-0.2, 0) is 4.79 Å². The molecule has 0 saturated carbocycles. The molecule has 0 atom stereocenters. The molecule has 2 N–H and O–H groups in total. The number of rotatable bonds is 3. The van der Waals surface area contributed by atoms with Crippen LogP contribution >= 0.6 is 11.6 Å². The minimum Gasteiger partial charge on any atom is -0.489 e. The normalized spacial score (nSPS) is 19.2. The van der Waals surface area contributed by atoms with Crippen LogP contribution in [0.5, 0.6) is 11.5 Å². The molecule has 7 heteroatoms. The Kier molecular flexibility index (Phi) is 5.60.